The predicted octanol–water partition coefficient (Wildman–Crippen LogP) is 2.63. The van der Waals surface area contributed by atoms with Crippen molar-refractivity contribution in [3.05, 3.63) is 59.2 Å². The van der Waals surface area contributed by atoms with Crippen molar-refractivity contribution in [2.24, 2.45) is 0 Å². The van der Waals surface area contributed by atoms with E-state index >= 15 is 0 Å². The molecule has 0 radical (unpaired) electrons. The van der Waals surface area contributed by atoms with Gasteiger partial charge in [0, 0.05) is 19.2 Å². The van der Waals surface area contributed by atoms with Crippen LogP contribution in [-0.2, 0) is 22.7 Å². The smallest absolute Gasteiger partial charge is 0.341 e. The van der Waals surface area contributed by atoms with Crippen LogP contribution >= 0.6 is 0 Å². The van der Waals surface area contributed by atoms with E-state index in [0.717, 1.165) is 11.1 Å². The summed E-state index contributed by atoms with van der Waals surface area (Å²) in [6.45, 7) is 2.56. The highest BCUT2D eigenvalue weighted by Gasteiger charge is 2.12. The van der Waals surface area contributed by atoms with Crippen LogP contribution in [0.4, 0.5) is 0 Å². The van der Waals surface area contributed by atoms with Gasteiger partial charge < -0.3 is 24.6 Å². The molecule has 0 spiro atoms. The minimum Gasteiger partial charge on any atom is -0.490 e. The third-order valence-electron chi connectivity index (χ3n) is 3.61. The SMILES string of the molecule is CCOc1cc(C(=O)NCc2cccc(COC)c2)ccc1OCC(=O)O. The molecule has 0 heterocycles. The Balaban J connectivity index is 2.05. The van der Waals surface area contributed by atoms with Gasteiger partial charge in [0.05, 0.1) is 13.2 Å². The van der Waals surface area contributed by atoms with Gasteiger partial charge >= 0.3 is 5.97 Å². The van der Waals surface area contributed by atoms with Gasteiger partial charge in [-0.3, -0.25) is 4.79 Å². The zero-order valence-corrected chi connectivity index (χ0v) is 15.4. The van der Waals surface area contributed by atoms with Crippen molar-refractivity contribution >= 4 is 11.9 Å². The predicted molar refractivity (Wildman–Crippen MR) is 99.1 cm³/mol. The summed E-state index contributed by atoms with van der Waals surface area (Å²) in [5.41, 5.74) is 2.39. The highest BCUT2D eigenvalue weighted by molar-refractivity contribution is 5.94. The molecule has 0 bridgehead atoms. The Bertz CT molecular complexity index is 790. The molecule has 0 aliphatic carbocycles. The van der Waals surface area contributed by atoms with Gasteiger partial charge in [0.2, 0.25) is 0 Å². The second-order valence-corrected chi connectivity index (χ2v) is 5.71. The first-order valence-corrected chi connectivity index (χ1v) is 8.50. The molecule has 2 N–H and O–H groups in total. The lowest BCUT2D eigenvalue weighted by molar-refractivity contribution is -0.139. The molecule has 0 fully saturated rings. The first-order valence-electron chi connectivity index (χ1n) is 8.50. The van der Waals surface area contributed by atoms with E-state index in [1.54, 1.807) is 20.1 Å². The summed E-state index contributed by atoms with van der Waals surface area (Å²) in [5.74, 6) is -0.746. The molecule has 2 rings (SSSR count). The van der Waals surface area contributed by atoms with Crippen LogP contribution < -0.4 is 14.8 Å². The lowest BCUT2D eigenvalue weighted by atomic mass is 10.1. The number of carboxylic acid groups (broad SMARTS) is 1. The summed E-state index contributed by atoms with van der Waals surface area (Å²) >= 11 is 0. The first-order chi connectivity index (χ1) is 13.0. The number of carbonyl (C=O) groups excluding carboxylic acids is 1. The second-order valence-electron chi connectivity index (χ2n) is 5.71. The molecule has 7 heteroatoms. The Morgan fingerprint density at radius 3 is 2.52 bits per heavy atom. The number of aliphatic carboxylic acids is 1. The van der Waals surface area contributed by atoms with Crippen LogP contribution in [0.2, 0.25) is 0 Å². The van der Waals surface area contributed by atoms with Gasteiger partial charge in [-0.15, -0.1) is 0 Å². The van der Waals surface area contributed by atoms with Crippen molar-refractivity contribution in [2.75, 3.05) is 20.3 Å². The van der Waals surface area contributed by atoms with Crippen LogP contribution in [0.5, 0.6) is 11.5 Å². The fourth-order valence-electron chi connectivity index (χ4n) is 2.46. The topological polar surface area (TPSA) is 94.1 Å². The van der Waals surface area contributed by atoms with E-state index in [9.17, 15) is 9.59 Å². The normalized spacial score (nSPS) is 10.3. The van der Waals surface area contributed by atoms with Gasteiger partial charge in [0.15, 0.2) is 18.1 Å². The fourth-order valence-corrected chi connectivity index (χ4v) is 2.46. The third kappa shape index (κ3) is 6.31. The molecule has 0 aliphatic rings. The molecule has 27 heavy (non-hydrogen) atoms. The zero-order chi connectivity index (χ0) is 19.6. The van der Waals surface area contributed by atoms with Crippen LogP contribution in [0.15, 0.2) is 42.5 Å². The minimum absolute atomic E-state index is 0.266. The van der Waals surface area contributed by atoms with E-state index in [1.807, 2.05) is 24.3 Å². The third-order valence-corrected chi connectivity index (χ3v) is 3.61. The van der Waals surface area contributed by atoms with Gasteiger partial charge in [-0.05, 0) is 36.2 Å². The number of carbonyl (C=O) groups is 2. The molecule has 0 saturated heterocycles. The molecule has 1 amide bonds. The van der Waals surface area contributed by atoms with Gasteiger partial charge in [-0.1, -0.05) is 24.3 Å². The van der Waals surface area contributed by atoms with Gasteiger partial charge in [-0.2, -0.15) is 0 Å². The van der Waals surface area contributed by atoms with Crippen LogP contribution in [0.25, 0.3) is 0 Å². The highest BCUT2D eigenvalue weighted by atomic mass is 16.5. The zero-order valence-electron chi connectivity index (χ0n) is 15.4. The summed E-state index contributed by atoms with van der Waals surface area (Å²) in [7, 11) is 1.63. The fraction of sp³-hybridized carbons (Fsp3) is 0.300. The molecule has 144 valence electrons. The maximum Gasteiger partial charge on any atom is 0.341 e. The number of amides is 1. The van der Waals surface area contributed by atoms with E-state index in [1.165, 1.54) is 12.1 Å². The van der Waals surface area contributed by atoms with Crippen LogP contribution in [-0.4, -0.2) is 37.3 Å². The van der Waals surface area contributed by atoms with Crippen LogP contribution in [0, 0.1) is 0 Å². The summed E-state index contributed by atoms with van der Waals surface area (Å²) in [4.78, 5) is 23.1. The summed E-state index contributed by atoms with van der Waals surface area (Å²) in [6.07, 6.45) is 0. The lowest BCUT2D eigenvalue weighted by Crippen LogP contribution is -2.23. The van der Waals surface area contributed by atoms with Crippen molar-refractivity contribution in [2.45, 2.75) is 20.1 Å². The first kappa shape index (κ1) is 20.3. The number of hydrogen-bond donors (Lipinski definition) is 2. The van der Waals surface area contributed by atoms with Crippen molar-refractivity contribution < 1.29 is 28.9 Å². The molecule has 0 aromatic heterocycles. The largest absolute Gasteiger partial charge is 0.490 e. The van der Waals surface area contributed by atoms with E-state index in [0.29, 0.717) is 31.1 Å². The van der Waals surface area contributed by atoms with Crippen molar-refractivity contribution in [1.29, 1.82) is 0 Å². The molecular weight excluding hydrogens is 350 g/mol. The second kappa shape index (κ2) is 10.2. The summed E-state index contributed by atoms with van der Waals surface area (Å²) in [6, 6.07) is 12.4. The van der Waals surface area contributed by atoms with Gasteiger partial charge in [-0.25, -0.2) is 4.79 Å². The Morgan fingerprint density at radius 1 is 1.04 bits per heavy atom. The number of methoxy groups -OCH3 is 1. The maximum absolute atomic E-state index is 12.4. The Kier molecular flexibility index (Phi) is 7.63. The molecule has 2 aromatic rings. The van der Waals surface area contributed by atoms with Crippen molar-refractivity contribution in [3.63, 3.8) is 0 Å². The Labute approximate surface area is 157 Å². The lowest BCUT2D eigenvalue weighted by Gasteiger charge is -2.12. The summed E-state index contributed by atoms with van der Waals surface area (Å²) < 4.78 is 15.7. The Hall–Kier alpha value is -3.06. The standard InChI is InChI=1S/C20H23NO6/c1-3-26-18-10-16(7-8-17(18)27-13-19(22)23)20(24)21-11-14-5-4-6-15(9-14)12-25-2/h4-10H,3,11-13H2,1-2H3,(H,21,24)(H,22,23). The minimum atomic E-state index is -1.09. The van der Waals surface area contributed by atoms with Gasteiger partial charge in [0.25, 0.3) is 5.91 Å². The van der Waals surface area contributed by atoms with Crippen LogP contribution in [0.3, 0.4) is 0 Å². The Morgan fingerprint density at radius 2 is 1.81 bits per heavy atom. The number of hydrogen-bond acceptors (Lipinski definition) is 5. The van der Waals surface area contributed by atoms with E-state index in [4.69, 9.17) is 19.3 Å². The molecule has 0 saturated carbocycles. The number of carboxylic acids is 1. The molecular formula is C20H23NO6. The summed E-state index contributed by atoms with van der Waals surface area (Å²) in [5, 5.41) is 11.6. The van der Waals surface area contributed by atoms with Gasteiger partial charge in [0.1, 0.15) is 0 Å². The van der Waals surface area contributed by atoms with Crippen LogP contribution in [0.1, 0.15) is 28.4 Å². The quantitative estimate of drug-likeness (QED) is 0.665. The van der Waals surface area contributed by atoms with E-state index in [-0.39, 0.29) is 11.7 Å². The number of nitrogens with one attached hydrogen (secondary N) is 1. The average molecular weight is 373 g/mol. The monoisotopic (exact) mass is 373 g/mol. The number of benzene rings is 2. The molecule has 2 aromatic carbocycles. The molecule has 7 nitrogen and oxygen atoms in total. The molecule has 0 unspecified atom stereocenters. The highest BCUT2D eigenvalue weighted by Crippen LogP contribution is 2.28. The number of rotatable bonds is 10. The van der Waals surface area contributed by atoms with E-state index < -0.39 is 12.6 Å². The molecule has 0 aliphatic heterocycles. The molecule has 0 atom stereocenters. The van der Waals surface area contributed by atoms with Crippen molar-refractivity contribution in [3.8, 4) is 11.5 Å². The maximum atomic E-state index is 12.4. The van der Waals surface area contributed by atoms with Crippen molar-refractivity contribution in [1.82, 2.24) is 5.32 Å². The number of ether oxygens (including phenoxy) is 3. The average Bonchev–Trinajstić information content (AvgIpc) is 2.66. The van der Waals surface area contributed by atoms with E-state index in [2.05, 4.69) is 5.32 Å².